The van der Waals surface area contributed by atoms with E-state index < -0.39 is 10.8 Å². The summed E-state index contributed by atoms with van der Waals surface area (Å²) in [5, 5.41) is 16.7. The van der Waals surface area contributed by atoms with Crippen LogP contribution >= 0.6 is 0 Å². The van der Waals surface area contributed by atoms with Crippen LogP contribution in [0.15, 0.2) is 42.7 Å². The van der Waals surface area contributed by atoms with E-state index in [4.69, 9.17) is 0 Å². The molecule has 1 heterocycles. The highest BCUT2D eigenvalue weighted by atomic mass is 16.6. The summed E-state index contributed by atoms with van der Waals surface area (Å²) in [4.78, 5) is 26.8. The van der Waals surface area contributed by atoms with E-state index in [0.717, 1.165) is 0 Å². The van der Waals surface area contributed by atoms with Gasteiger partial charge in [-0.05, 0) is 31.2 Å². The number of nitro groups is 1. The van der Waals surface area contributed by atoms with Gasteiger partial charge < -0.3 is 10.6 Å². The van der Waals surface area contributed by atoms with Crippen molar-refractivity contribution >= 4 is 23.0 Å². The molecule has 0 fully saturated rings. The summed E-state index contributed by atoms with van der Waals surface area (Å²) >= 11 is 0. The van der Waals surface area contributed by atoms with Crippen molar-refractivity contribution < 1.29 is 9.72 Å². The van der Waals surface area contributed by atoms with E-state index >= 15 is 0 Å². The topological polar surface area (TPSA) is 97.2 Å². The number of aromatic nitrogens is 1. The van der Waals surface area contributed by atoms with Crippen LogP contribution in [0.2, 0.25) is 0 Å². The van der Waals surface area contributed by atoms with Gasteiger partial charge in [0.2, 0.25) is 0 Å². The quantitative estimate of drug-likeness (QED) is 0.650. The first-order valence-corrected chi connectivity index (χ1v) is 6.36. The van der Waals surface area contributed by atoms with Crippen LogP contribution in [0, 0.1) is 10.1 Å². The first kappa shape index (κ1) is 14.4. The van der Waals surface area contributed by atoms with Crippen molar-refractivity contribution in [3.8, 4) is 0 Å². The van der Waals surface area contributed by atoms with E-state index in [2.05, 4.69) is 15.6 Å². The zero-order valence-corrected chi connectivity index (χ0v) is 11.4. The summed E-state index contributed by atoms with van der Waals surface area (Å²) in [7, 11) is 0. The number of benzene rings is 1. The number of nitrogens with one attached hydrogen (secondary N) is 2. The molecule has 108 valence electrons. The van der Waals surface area contributed by atoms with Gasteiger partial charge in [-0.15, -0.1) is 0 Å². The van der Waals surface area contributed by atoms with E-state index in [9.17, 15) is 14.9 Å². The molecule has 0 saturated carbocycles. The highest BCUT2D eigenvalue weighted by Crippen LogP contribution is 2.29. The van der Waals surface area contributed by atoms with Gasteiger partial charge in [0, 0.05) is 24.6 Å². The maximum absolute atomic E-state index is 12.2. The van der Waals surface area contributed by atoms with E-state index in [0.29, 0.717) is 17.9 Å². The van der Waals surface area contributed by atoms with Crippen molar-refractivity contribution in [2.45, 2.75) is 6.92 Å². The predicted octanol–water partition coefficient (Wildman–Crippen LogP) is 2.67. The third-order valence-corrected chi connectivity index (χ3v) is 2.77. The van der Waals surface area contributed by atoms with Gasteiger partial charge in [-0.3, -0.25) is 19.9 Å². The average molecular weight is 286 g/mol. The maximum Gasteiger partial charge on any atom is 0.305 e. The lowest BCUT2D eigenvalue weighted by molar-refractivity contribution is -0.384. The standard InChI is InChI=1S/C14H14N4O3/c1-2-16-12-5-3-4-11(13(12)18(20)21)14(19)17-10-6-8-15-9-7-10/h3-9,16H,2H2,1H3,(H,15,17,19). The normalized spacial score (nSPS) is 9.95. The Bertz CT molecular complexity index is 659. The number of para-hydroxylation sites is 1. The molecule has 0 radical (unpaired) electrons. The Morgan fingerprint density at radius 1 is 1.29 bits per heavy atom. The van der Waals surface area contributed by atoms with Crippen molar-refractivity contribution in [3.05, 3.63) is 58.4 Å². The smallest absolute Gasteiger partial charge is 0.305 e. The number of hydrogen-bond donors (Lipinski definition) is 2. The molecule has 0 unspecified atom stereocenters. The van der Waals surface area contributed by atoms with Crippen LogP contribution in [-0.4, -0.2) is 22.4 Å². The van der Waals surface area contributed by atoms with Gasteiger partial charge in [0.15, 0.2) is 0 Å². The van der Waals surface area contributed by atoms with Crippen molar-refractivity contribution in [3.63, 3.8) is 0 Å². The third kappa shape index (κ3) is 3.33. The lowest BCUT2D eigenvalue weighted by Crippen LogP contribution is -2.15. The first-order chi connectivity index (χ1) is 10.1. The van der Waals surface area contributed by atoms with Gasteiger partial charge in [-0.25, -0.2) is 0 Å². The molecule has 1 aromatic heterocycles. The van der Waals surface area contributed by atoms with Crippen molar-refractivity contribution in [2.75, 3.05) is 17.2 Å². The minimum Gasteiger partial charge on any atom is -0.380 e. The molecule has 2 N–H and O–H groups in total. The lowest BCUT2D eigenvalue weighted by atomic mass is 10.1. The van der Waals surface area contributed by atoms with E-state index in [-0.39, 0.29) is 11.3 Å². The molecule has 0 aliphatic rings. The summed E-state index contributed by atoms with van der Waals surface area (Å²) in [5.74, 6) is -0.535. The molecule has 2 rings (SSSR count). The van der Waals surface area contributed by atoms with Crippen LogP contribution in [-0.2, 0) is 0 Å². The number of nitrogens with zero attached hydrogens (tertiary/aromatic N) is 2. The van der Waals surface area contributed by atoms with Crippen LogP contribution in [0.25, 0.3) is 0 Å². The van der Waals surface area contributed by atoms with Crippen LogP contribution < -0.4 is 10.6 Å². The van der Waals surface area contributed by atoms with E-state index in [1.807, 2.05) is 6.92 Å². The summed E-state index contributed by atoms with van der Waals surface area (Å²) in [6, 6.07) is 7.82. The molecule has 0 atom stereocenters. The van der Waals surface area contributed by atoms with Gasteiger partial charge in [0.25, 0.3) is 5.91 Å². The molecule has 0 aliphatic heterocycles. The van der Waals surface area contributed by atoms with E-state index in [1.54, 1.807) is 24.3 Å². The van der Waals surface area contributed by atoms with Crippen molar-refractivity contribution in [1.82, 2.24) is 4.98 Å². The Morgan fingerprint density at radius 2 is 2.00 bits per heavy atom. The fourth-order valence-electron chi connectivity index (χ4n) is 1.89. The van der Waals surface area contributed by atoms with Gasteiger partial charge >= 0.3 is 5.69 Å². The molecule has 21 heavy (non-hydrogen) atoms. The molecule has 1 amide bonds. The molecular weight excluding hydrogens is 272 g/mol. The van der Waals surface area contributed by atoms with Crippen LogP contribution in [0.1, 0.15) is 17.3 Å². The monoisotopic (exact) mass is 286 g/mol. The minimum absolute atomic E-state index is 0.00950. The minimum atomic E-state index is -0.556. The van der Waals surface area contributed by atoms with Crippen LogP contribution in [0.3, 0.4) is 0 Å². The first-order valence-electron chi connectivity index (χ1n) is 6.36. The van der Waals surface area contributed by atoms with Crippen LogP contribution in [0.4, 0.5) is 17.1 Å². The Balaban J connectivity index is 2.36. The zero-order chi connectivity index (χ0) is 15.2. The fourth-order valence-corrected chi connectivity index (χ4v) is 1.89. The van der Waals surface area contributed by atoms with Gasteiger partial charge in [-0.1, -0.05) is 6.07 Å². The highest BCUT2D eigenvalue weighted by molar-refractivity contribution is 6.08. The molecule has 2 aromatic rings. The molecule has 0 bridgehead atoms. The molecular formula is C14H14N4O3. The van der Waals surface area contributed by atoms with Gasteiger partial charge in [0.05, 0.1) is 4.92 Å². The largest absolute Gasteiger partial charge is 0.380 e. The second-order valence-electron chi connectivity index (χ2n) is 4.18. The lowest BCUT2D eigenvalue weighted by Gasteiger charge is -2.09. The van der Waals surface area contributed by atoms with E-state index in [1.165, 1.54) is 18.5 Å². The number of nitro benzene ring substituents is 1. The number of pyridine rings is 1. The summed E-state index contributed by atoms with van der Waals surface area (Å²) in [6.45, 7) is 2.35. The zero-order valence-electron chi connectivity index (χ0n) is 11.4. The fraction of sp³-hybridized carbons (Fsp3) is 0.143. The molecule has 1 aromatic carbocycles. The number of carbonyl (C=O) groups excluding carboxylic acids is 1. The summed E-state index contributed by atoms with van der Waals surface area (Å²) < 4.78 is 0. The summed E-state index contributed by atoms with van der Waals surface area (Å²) in [6.07, 6.45) is 3.05. The Hall–Kier alpha value is -2.96. The second-order valence-corrected chi connectivity index (χ2v) is 4.18. The molecule has 0 saturated heterocycles. The van der Waals surface area contributed by atoms with Crippen molar-refractivity contribution in [1.29, 1.82) is 0 Å². The number of carbonyl (C=O) groups is 1. The van der Waals surface area contributed by atoms with Crippen LogP contribution in [0.5, 0.6) is 0 Å². The molecule has 0 spiro atoms. The number of amides is 1. The SMILES string of the molecule is CCNc1cccc(C(=O)Nc2ccncc2)c1[N+](=O)[O-]. The number of rotatable bonds is 5. The molecule has 7 nitrogen and oxygen atoms in total. The predicted molar refractivity (Wildman–Crippen MR) is 79.5 cm³/mol. The van der Waals surface area contributed by atoms with Gasteiger partial charge in [-0.2, -0.15) is 0 Å². The Kier molecular flexibility index (Phi) is 4.45. The Labute approximate surface area is 121 Å². The number of hydrogen-bond acceptors (Lipinski definition) is 5. The number of anilines is 2. The highest BCUT2D eigenvalue weighted by Gasteiger charge is 2.24. The maximum atomic E-state index is 12.2. The molecule has 0 aliphatic carbocycles. The molecule has 7 heteroatoms. The van der Waals surface area contributed by atoms with Crippen molar-refractivity contribution in [2.24, 2.45) is 0 Å². The van der Waals surface area contributed by atoms with Gasteiger partial charge in [0.1, 0.15) is 11.3 Å². The summed E-state index contributed by atoms with van der Waals surface area (Å²) in [5.41, 5.74) is 0.629. The third-order valence-electron chi connectivity index (χ3n) is 2.77. The Morgan fingerprint density at radius 3 is 2.62 bits per heavy atom. The average Bonchev–Trinajstić information content (AvgIpc) is 2.48. The second kappa shape index (κ2) is 6.47.